The number of hydrogen-bond acceptors (Lipinski definition) is 2. The van der Waals surface area contributed by atoms with E-state index >= 15 is 0 Å². The Morgan fingerprint density at radius 2 is 1.94 bits per heavy atom. The predicted octanol–water partition coefficient (Wildman–Crippen LogP) is 2.60. The van der Waals surface area contributed by atoms with Crippen LogP contribution >= 0.6 is 0 Å². The monoisotopic (exact) mass is 230 g/mol. The van der Waals surface area contributed by atoms with E-state index in [0.29, 0.717) is 0 Å². The molecule has 1 spiro atoms. The Kier molecular flexibility index (Phi) is 2.25. The van der Waals surface area contributed by atoms with Crippen molar-refractivity contribution in [3.05, 3.63) is 28.6 Å². The van der Waals surface area contributed by atoms with Crippen molar-refractivity contribution in [2.45, 2.75) is 51.5 Å². The van der Waals surface area contributed by atoms with Crippen LogP contribution in [0.15, 0.2) is 6.07 Å². The molecule has 0 aromatic carbocycles. The Balaban J connectivity index is 2.18. The molecule has 0 unspecified atom stereocenters. The SMILES string of the molecule is Cc1cc(C)c2c(n1)C1(CCCCC1)NC2=O. The summed E-state index contributed by atoms with van der Waals surface area (Å²) in [6.45, 7) is 4.02. The van der Waals surface area contributed by atoms with Crippen LogP contribution in [-0.4, -0.2) is 10.9 Å². The average Bonchev–Trinajstić information content (AvgIpc) is 2.53. The van der Waals surface area contributed by atoms with E-state index in [1.54, 1.807) is 0 Å². The van der Waals surface area contributed by atoms with Gasteiger partial charge >= 0.3 is 0 Å². The van der Waals surface area contributed by atoms with Crippen LogP contribution in [0.4, 0.5) is 0 Å². The van der Waals surface area contributed by atoms with Crippen molar-refractivity contribution in [2.24, 2.45) is 0 Å². The van der Waals surface area contributed by atoms with E-state index < -0.39 is 0 Å². The van der Waals surface area contributed by atoms with Crippen LogP contribution in [0.2, 0.25) is 0 Å². The first kappa shape index (κ1) is 10.8. The molecular weight excluding hydrogens is 212 g/mol. The summed E-state index contributed by atoms with van der Waals surface area (Å²) in [7, 11) is 0. The van der Waals surface area contributed by atoms with Gasteiger partial charge in [-0.1, -0.05) is 19.3 Å². The molecule has 0 saturated heterocycles. The van der Waals surface area contributed by atoms with Gasteiger partial charge in [0.15, 0.2) is 0 Å². The lowest BCUT2D eigenvalue weighted by Crippen LogP contribution is -2.41. The molecule has 17 heavy (non-hydrogen) atoms. The molecule has 2 heterocycles. The third-order valence-electron chi connectivity index (χ3n) is 4.08. The zero-order chi connectivity index (χ0) is 12.0. The predicted molar refractivity (Wildman–Crippen MR) is 65.9 cm³/mol. The Labute approximate surface area is 102 Å². The van der Waals surface area contributed by atoms with E-state index in [0.717, 1.165) is 35.4 Å². The molecule has 1 N–H and O–H groups in total. The maximum Gasteiger partial charge on any atom is 0.254 e. The van der Waals surface area contributed by atoms with E-state index in [9.17, 15) is 4.79 Å². The van der Waals surface area contributed by atoms with Gasteiger partial charge in [-0.3, -0.25) is 9.78 Å². The summed E-state index contributed by atoms with van der Waals surface area (Å²) in [5.74, 6) is 0.0758. The third-order valence-corrected chi connectivity index (χ3v) is 4.08. The minimum Gasteiger partial charge on any atom is -0.341 e. The van der Waals surface area contributed by atoms with E-state index in [2.05, 4.69) is 10.3 Å². The first-order chi connectivity index (χ1) is 8.12. The molecule has 1 saturated carbocycles. The second kappa shape index (κ2) is 3.56. The molecule has 1 aromatic heterocycles. The van der Waals surface area contributed by atoms with Crippen molar-refractivity contribution in [3.8, 4) is 0 Å². The van der Waals surface area contributed by atoms with Gasteiger partial charge < -0.3 is 5.32 Å². The molecule has 2 aliphatic rings. The van der Waals surface area contributed by atoms with E-state index in [1.165, 1.54) is 19.3 Å². The van der Waals surface area contributed by atoms with Crippen molar-refractivity contribution >= 4 is 5.91 Å². The normalized spacial score (nSPS) is 21.4. The second-order valence-electron chi connectivity index (χ2n) is 5.40. The molecule has 90 valence electrons. The highest BCUT2D eigenvalue weighted by Gasteiger charge is 2.45. The number of fused-ring (bicyclic) bond motifs is 2. The van der Waals surface area contributed by atoms with E-state index in [-0.39, 0.29) is 11.4 Å². The van der Waals surface area contributed by atoms with Gasteiger partial charge in [-0.15, -0.1) is 0 Å². The first-order valence-corrected chi connectivity index (χ1v) is 6.44. The Bertz CT molecular complexity index is 487. The fourth-order valence-corrected chi connectivity index (χ4v) is 3.33. The van der Waals surface area contributed by atoms with E-state index in [4.69, 9.17) is 0 Å². The largest absolute Gasteiger partial charge is 0.341 e. The molecule has 0 atom stereocenters. The van der Waals surface area contributed by atoms with Crippen LogP contribution in [0.1, 0.15) is 59.4 Å². The zero-order valence-corrected chi connectivity index (χ0v) is 10.5. The zero-order valence-electron chi connectivity index (χ0n) is 10.5. The summed E-state index contributed by atoms with van der Waals surface area (Å²) in [5.41, 5.74) is 3.77. The number of amides is 1. The number of rotatable bonds is 0. The van der Waals surface area contributed by atoms with Crippen molar-refractivity contribution in [1.82, 2.24) is 10.3 Å². The van der Waals surface area contributed by atoms with Gasteiger partial charge in [-0.2, -0.15) is 0 Å². The quantitative estimate of drug-likeness (QED) is 0.744. The molecule has 1 aliphatic heterocycles. The number of aryl methyl sites for hydroxylation is 2. The Hall–Kier alpha value is -1.38. The van der Waals surface area contributed by atoms with Crippen LogP contribution in [0.5, 0.6) is 0 Å². The van der Waals surface area contributed by atoms with Gasteiger partial charge in [0.2, 0.25) is 0 Å². The number of aromatic nitrogens is 1. The summed E-state index contributed by atoms with van der Waals surface area (Å²) in [5, 5.41) is 3.20. The van der Waals surface area contributed by atoms with E-state index in [1.807, 2.05) is 19.9 Å². The van der Waals surface area contributed by atoms with Gasteiger partial charge in [-0.25, -0.2) is 0 Å². The lowest BCUT2D eigenvalue weighted by Gasteiger charge is -2.33. The van der Waals surface area contributed by atoms with Crippen molar-refractivity contribution < 1.29 is 4.79 Å². The Morgan fingerprint density at radius 1 is 1.24 bits per heavy atom. The molecule has 1 aromatic rings. The number of carbonyl (C=O) groups excluding carboxylic acids is 1. The standard InChI is InChI=1S/C14H18N2O/c1-9-8-10(2)15-12-11(9)13(17)16-14(12)6-4-3-5-7-14/h8H,3-7H2,1-2H3,(H,16,17). The fourth-order valence-electron chi connectivity index (χ4n) is 3.33. The molecule has 0 radical (unpaired) electrons. The Morgan fingerprint density at radius 3 is 2.65 bits per heavy atom. The highest BCUT2D eigenvalue weighted by atomic mass is 16.2. The molecule has 1 fully saturated rings. The number of carbonyl (C=O) groups is 1. The molecule has 3 rings (SSSR count). The van der Waals surface area contributed by atoms with Crippen LogP contribution < -0.4 is 5.32 Å². The molecule has 1 aliphatic carbocycles. The van der Waals surface area contributed by atoms with Crippen molar-refractivity contribution in [2.75, 3.05) is 0 Å². The smallest absolute Gasteiger partial charge is 0.254 e. The van der Waals surface area contributed by atoms with Gasteiger partial charge in [-0.05, 0) is 38.3 Å². The van der Waals surface area contributed by atoms with Crippen LogP contribution in [-0.2, 0) is 5.54 Å². The topological polar surface area (TPSA) is 42.0 Å². The number of nitrogens with one attached hydrogen (secondary N) is 1. The summed E-state index contributed by atoms with van der Waals surface area (Å²) in [4.78, 5) is 16.8. The molecule has 0 bridgehead atoms. The number of pyridine rings is 1. The number of nitrogens with zero attached hydrogens (tertiary/aromatic N) is 1. The lowest BCUT2D eigenvalue weighted by atomic mass is 9.79. The average molecular weight is 230 g/mol. The van der Waals surface area contributed by atoms with Crippen LogP contribution in [0, 0.1) is 13.8 Å². The lowest BCUT2D eigenvalue weighted by molar-refractivity contribution is 0.0908. The minimum absolute atomic E-state index is 0.0758. The highest BCUT2D eigenvalue weighted by molar-refractivity contribution is 6.00. The summed E-state index contributed by atoms with van der Waals surface area (Å²) >= 11 is 0. The first-order valence-electron chi connectivity index (χ1n) is 6.44. The van der Waals surface area contributed by atoms with Gasteiger partial charge in [0.25, 0.3) is 5.91 Å². The summed E-state index contributed by atoms with van der Waals surface area (Å²) in [6, 6.07) is 2.00. The fraction of sp³-hybridized carbons (Fsp3) is 0.571. The summed E-state index contributed by atoms with van der Waals surface area (Å²) in [6.07, 6.45) is 5.74. The summed E-state index contributed by atoms with van der Waals surface area (Å²) < 4.78 is 0. The second-order valence-corrected chi connectivity index (χ2v) is 5.40. The van der Waals surface area contributed by atoms with Crippen molar-refractivity contribution in [1.29, 1.82) is 0 Å². The van der Waals surface area contributed by atoms with Gasteiger partial charge in [0.05, 0.1) is 16.8 Å². The molecular formula is C14H18N2O. The maximum atomic E-state index is 12.1. The van der Waals surface area contributed by atoms with Crippen LogP contribution in [0.25, 0.3) is 0 Å². The molecule has 3 heteroatoms. The van der Waals surface area contributed by atoms with Gasteiger partial charge in [0, 0.05) is 5.69 Å². The maximum absolute atomic E-state index is 12.1. The molecule has 3 nitrogen and oxygen atoms in total. The van der Waals surface area contributed by atoms with Gasteiger partial charge in [0.1, 0.15) is 0 Å². The highest BCUT2D eigenvalue weighted by Crippen LogP contribution is 2.42. The van der Waals surface area contributed by atoms with Crippen molar-refractivity contribution in [3.63, 3.8) is 0 Å². The number of hydrogen-bond donors (Lipinski definition) is 1. The molecule has 1 amide bonds. The minimum atomic E-state index is -0.151. The third kappa shape index (κ3) is 1.48. The van der Waals surface area contributed by atoms with Crippen LogP contribution in [0.3, 0.4) is 0 Å².